The molecule has 0 aliphatic heterocycles. The minimum Gasteiger partial charge on any atom is -0.388 e. The second kappa shape index (κ2) is 5.66. The number of hydrogen-bond acceptors (Lipinski definition) is 4. The van der Waals surface area contributed by atoms with Crippen molar-refractivity contribution in [3.63, 3.8) is 0 Å². The van der Waals surface area contributed by atoms with E-state index in [1.165, 1.54) is 5.56 Å². The molecule has 2 aromatic heterocycles. The van der Waals surface area contributed by atoms with Crippen LogP contribution in [0.2, 0.25) is 0 Å². The monoisotopic (exact) mass is 305 g/mol. The van der Waals surface area contributed by atoms with Gasteiger partial charge in [0.25, 0.3) is 0 Å². The number of aromatic nitrogens is 5. The van der Waals surface area contributed by atoms with Crippen LogP contribution >= 0.6 is 0 Å². The quantitative estimate of drug-likeness (QED) is 0.627. The molecular formula is C17H15N5O. The van der Waals surface area contributed by atoms with E-state index >= 15 is 0 Å². The van der Waals surface area contributed by atoms with Crippen LogP contribution in [-0.4, -0.2) is 29.7 Å². The summed E-state index contributed by atoms with van der Waals surface area (Å²) in [5, 5.41) is 19.1. The predicted molar refractivity (Wildman–Crippen MR) is 86.1 cm³/mol. The lowest BCUT2D eigenvalue weighted by Crippen LogP contribution is -2.03. The Morgan fingerprint density at radius 2 is 1.70 bits per heavy atom. The van der Waals surface area contributed by atoms with Gasteiger partial charge in [-0.15, -0.1) is 5.10 Å². The number of hydrogen-bond donors (Lipinski definition) is 1. The molecule has 114 valence electrons. The molecule has 2 heterocycles. The van der Waals surface area contributed by atoms with Crippen molar-refractivity contribution in [3.05, 3.63) is 72.3 Å². The van der Waals surface area contributed by atoms with E-state index in [1.807, 2.05) is 47.1 Å². The van der Waals surface area contributed by atoms with Crippen LogP contribution in [0.15, 0.2) is 60.9 Å². The topological polar surface area (TPSA) is 68.8 Å². The Kier molecular flexibility index (Phi) is 3.36. The number of rotatable bonds is 4. The zero-order valence-corrected chi connectivity index (χ0v) is 12.4. The van der Waals surface area contributed by atoms with Crippen molar-refractivity contribution in [3.8, 4) is 5.82 Å². The van der Waals surface area contributed by atoms with Crippen molar-refractivity contribution < 1.29 is 5.11 Å². The smallest absolute Gasteiger partial charge is 0.184 e. The lowest BCUT2D eigenvalue weighted by atomic mass is 10.2. The van der Waals surface area contributed by atoms with E-state index in [1.54, 1.807) is 11.0 Å². The number of benzene rings is 2. The van der Waals surface area contributed by atoms with E-state index in [0.29, 0.717) is 18.2 Å². The van der Waals surface area contributed by atoms with Crippen LogP contribution in [-0.2, 0) is 13.2 Å². The van der Waals surface area contributed by atoms with E-state index in [9.17, 15) is 0 Å². The summed E-state index contributed by atoms with van der Waals surface area (Å²) >= 11 is 0. The fraction of sp³-hybridized carbons (Fsp3) is 0.118. The standard InChI is InChI=1S/C17H15N5O/c23-11-16-18-12-22(19-16)17-14-8-4-5-9-15(14)21(20-17)10-13-6-2-1-3-7-13/h1-9,12,23H,10-11H2. The third kappa shape index (κ3) is 2.49. The molecule has 0 saturated heterocycles. The summed E-state index contributed by atoms with van der Waals surface area (Å²) in [6, 6.07) is 18.2. The van der Waals surface area contributed by atoms with E-state index in [0.717, 1.165) is 10.9 Å². The van der Waals surface area contributed by atoms with Gasteiger partial charge >= 0.3 is 0 Å². The molecular weight excluding hydrogens is 290 g/mol. The van der Waals surface area contributed by atoms with Crippen molar-refractivity contribution in [1.82, 2.24) is 24.5 Å². The molecule has 0 fully saturated rings. The molecule has 6 heteroatoms. The Hall–Kier alpha value is -2.99. The van der Waals surface area contributed by atoms with Crippen molar-refractivity contribution >= 4 is 10.9 Å². The van der Waals surface area contributed by atoms with Crippen LogP contribution in [0.1, 0.15) is 11.4 Å². The van der Waals surface area contributed by atoms with Gasteiger partial charge in [0.05, 0.1) is 12.1 Å². The maximum Gasteiger partial charge on any atom is 0.184 e. The van der Waals surface area contributed by atoms with E-state index in [-0.39, 0.29) is 6.61 Å². The van der Waals surface area contributed by atoms with Gasteiger partial charge in [-0.25, -0.2) is 4.98 Å². The first kappa shape index (κ1) is 13.7. The van der Waals surface area contributed by atoms with Crippen LogP contribution in [0.5, 0.6) is 0 Å². The Labute approximate surface area is 132 Å². The molecule has 0 amide bonds. The highest BCUT2D eigenvalue weighted by Crippen LogP contribution is 2.22. The molecule has 0 aliphatic rings. The fourth-order valence-corrected chi connectivity index (χ4v) is 2.63. The molecule has 0 unspecified atom stereocenters. The summed E-state index contributed by atoms with van der Waals surface area (Å²) in [7, 11) is 0. The average molecular weight is 305 g/mol. The second-order valence-corrected chi connectivity index (χ2v) is 5.25. The summed E-state index contributed by atoms with van der Waals surface area (Å²) in [5.74, 6) is 1.09. The Balaban J connectivity index is 1.83. The molecule has 23 heavy (non-hydrogen) atoms. The van der Waals surface area contributed by atoms with E-state index in [4.69, 9.17) is 10.2 Å². The molecule has 0 aliphatic carbocycles. The SMILES string of the molecule is OCc1ncn(-c2nn(Cc3ccccc3)c3ccccc23)n1. The zero-order chi connectivity index (χ0) is 15.6. The number of nitrogens with zero attached hydrogens (tertiary/aromatic N) is 5. The van der Waals surface area contributed by atoms with Crippen LogP contribution in [0.3, 0.4) is 0 Å². The van der Waals surface area contributed by atoms with Gasteiger partial charge in [0.15, 0.2) is 11.6 Å². The first-order chi connectivity index (χ1) is 11.3. The molecule has 4 aromatic rings. The first-order valence-corrected chi connectivity index (χ1v) is 7.36. The third-order valence-electron chi connectivity index (χ3n) is 3.71. The second-order valence-electron chi connectivity index (χ2n) is 5.25. The summed E-state index contributed by atoms with van der Waals surface area (Å²) < 4.78 is 3.57. The lowest BCUT2D eigenvalue weighted by molar-refractivity contribution is 0.271. The van der Waals surface area contributed by atoms with Gasteiger partial charge in [-0.05, 0) is 17.7 Å². The van der Waals surface area contributed by atoms with Crippen LogP contribution in [0, 0.1) is 0 Å². The van der Waals surface area contributed by atoms with Crippen molar-refractivity contribution in [2.45, 2.75) is 13.2 Å². The maximum absolute atomic E-state index is 9.15. The van der Waals surface area contributed by atoms with E-state index in [2.05, 4.69) is 22.2 Å². The molecule has 1 N–H and O–H groups in total. The summed E-state index contributed by atoms with van der Waals surface area (Å²) in [6.07, 6.45) is 1.58. The highest BCUT2D eigenvalue weighted by molar-refractivity contribution is 5.86. The van der Waals surface area contributed by atoms with Crippen LogP contribution in [0.4, 0.5) is 0 Å². The van der Waals surface area contributed by atoms with E-state index < -0.39 is 0 Å². The summed E-state index contributed by atoms with van der Waals surface area (Å²) in [5.41, 5.74) is 2.22. The fourth-order valence-electron chi connectivity index (χ4n) is 2.63. The van der Waals surface area contributed by atoms with Crippen molar-refractivity contribution in [2.24, 2.45) is 0 Å². The number of aliphatic hydroxyl groups excluding tert-OH is 1. The molecule has 6 nitrogen and oxygen atoms in total. The largest absolute Gasteiger partial charge is 0.388 e. The number of aliphatic hydroxyl groups is 1. The lowest BCUT2D eigenvalue weighted by Gasteiger charge is -2.03. The van der Waals surface area contributed by atoms with Gasteiger partial charge < -0.3 is 5.11 Å². The molecule has 0 spiro atoms. The third-order valence-corrected chi connectivity index (χ3v) is 3.71. The molecule has 0 saturated carbocycles. The number of fused-ring (bicyclic) bond motifs is 1. The minimum absolute atomic E-state index is 0.185. The number of para-hydroxylation sites is 1. The summed E-state index contributed by atoms with van der Waals surface area (Å²) in [4.78, 5) is 4.06. The van der Waals surface area contributed by atoms with Gasteiger partial charge in [-0.2, -0.15) is 9.78 Å². The normalized spacial score (nSPS) is 11.2. The Morgan fingerprint density at radius 1 is 0.913 bits per heavy atom. The molecule has 2 aromatic carbocycles. The minimum atomic E-state index is -0.185. The van der Waals surface area contributed by atoms with Gasteiger partial charge in [0.2, 0.25) is 0 Å². The molecule has 0 radical (unpaired) electrons. The maximum atomic E-state index is 9.15. The Morgan fingerprint density at radius 3 is 2.48 bits per heavy atom. The Bertz CT molecular complexity index is 942. The highest BCUT2D eigenvalue weighted by atomic mass is 16.3. The molecule has 0 bridgehead atoms. The summed E-state index contributed by atoms with van der Waals surface area (Å²) in [6.45, 7) is 0.499. The van der Waals surface area contributed by atoms with Gasteiger partial charge in [0, 0.05) is 5.39 Å². The average Bonchev–Trinajstić information content (AvgIpc) is 3.21. The van der Waals surface area contributed by atoms with Crippen LogP contribution < -0.4 is 0 Å². The molecule has 0 atom stereocenters. The van der Waals surface area contributed by atoms with Gasteiger partial charge in [0.1, 0.15) is 12.9 Å². The van der Waals surface area contributed by atoms with Crippen LogP contribution in [0.25, 0.3) is 16.7 Å². The first-order valence-electron chi connectivity index (χ1n) is 7.36. The van der Waals surface area contributed by atoms with Gasteiger partial charge in [-0.1, -0.05) is 42.5 Å². The molecule has 4 rings (SSSR count). The van der Waals surface area contributed by atoms with Crippen molar-refractivity contribution in [2.75, 3.05) is 0 Å². The highest BCUT2D eigenvalue weighted by Gasteiger charge is 2.13. The zero-order valence-electron chi connectivity index (χ0n) is 12.4. The predicted octanol–water partition coefficient (Wildman–Crippen LogP) is 2.16. The van der Waals surface area contributed by atoms with Crippen molar-refractivity contribution in [1.29, 1.82) is 0 Å². The van der Waals surface area contributed by atoms with Gasteiger partial charge in [-0.3, -0.25) is 4.68 Å².